The molecule has 0 radical (unpaired) electrons. The Bertz CT molecular complexity index is 617. The molecule has 1 N–H and O–H groups in total. The van der Waals surface area contributed by atoms with Crippen LogP contribution < -0.4 is 4.74 Å². The van der Waals surface area contributed by atoms with Gasteiger partial charge in [-0.3, -0.25) is 0 Å². The Hall–Kier alpha value is -2.30. The summed E-state index contributed by atoms with van der Waals surface area (Å²) in [4.78, 5) is 15.1. The number of carboxylic acids is 1. The number of nitrogens with zero attached hydrogens (tertiary/aromatic N) is 2. The molecule has 106 valence electrons. The van der Waals surface area contributed by atoms with Gasteiger partial charge in [-0.15, -0.1) is 0 Å². The van der Waals surface area contributed by atoms with E-state index in [4.69, 9.17) is 9.84 Å². The molecule has 0 amide bonds. The van der Waals surface area contributed by atoms with Crippen molar-refractivity contribution < 1.29 is 14.6 Å². The molecule has 0 aliphatic rings. The molecular formula is C15H18N2O3. The van der Waals surface area contributed by atoms with E-state index >= 15 is 0 Å². The highest BCUT2D eigenvalue weighted by atomic mass is 16.5. The Labute approximate surface area is 117 Å². The fourth-order valence-electron chi connectivity index (χ4n) is 1.94. The standard InChI is InChI=1S/C15H18N2O3/c1-10(2)17-8-13(15(18)19)16-14(17)9-20-12-6-4-5-11(3)7-12/h4-8,10H,9H2,1-3H3,(H,18,19). The summed E-state index contributed by atoms with van der Waals surface area (Å²) in [6.07, 6.45) is 1.54. The van der Waals surface area contributed by atoms with E-state index in [9.17, 15) is 4.79 Å². The first-order valence-electron chi connectivity index (χ1n) is 6.48. The molecule has 0 saturated carbocycles. The topological polar surface area (TPSA) is 64.3 Å². The largest absolute Gasteiger partial charge is 0.486 e. The Kier molecular flexibility index (Phi) is 4.08. The van der Waals surface area contributed by atoms with Gasteiger partial charge in [0.15, 0.2) is 5.69 Å². The number of aromatic nitrogens is 2. The summed E-state index contributed by atoms with van der Waals surface area (Å²) in [7, 11) is 0. The molecule has 0 aliphatic carbocycles. The smallest absolute Gasteiger partial charge is 0.356 e. The van der Waals surface area contributed by atoms with E-state index < -0.39 is 5.97 Å². The van der Waals surface area contributed by atoms with Gasteiger partial charge < -0.3 is 14.4 Å². The van der Waals surface area contributed by atoms with Gasteiger partial charge in [-0.1, -0.05) is 12.1 Å². The molecule has 0 spiro atoms. The van der Waals surface area contributed by atoms with E-state index in [1.807, 2.05) is 49.6 Å². The number of carboxylic acid groups (broad SMARTS) is 1. The molecule has 2 aromatic rings. The SMILES string of the molecule is Cc1cccc(OCc2nc(C(=O)O)cn2C(C)C)c1. The molecule has 0 fully saturated rings. The summed E-state index contributed by atoms with van der Waals surface area (Å²) < 4.78 is 7.50. The predicted molar refractivity (Wildman–Crippen MR) is 75.1 cm³/mol. The molecule has 0 unspecified atom stereocenters. The molecule has 1 aromatic carbocycles. The number of imidazole rings is 1. The van der Waals surface area contributed by atoms with Crippen molar-refractivity contribution in [3.05, 3.63) is 47.5 Å². The fraction of sp³-hybridized carbons (Fsp3) is 0.333. The first-order valence-corrected chi connectivity index (χ1v) is 6.48. The van der Waals surface area contributed by atoms with Crippen LogP contribution in [-0.2, 0) is 6.61 Å². The first-order chi connectivity index (χ1) is 9.47. The zero-order valence-corrected chi connectivity index (χ0v) is 11.8. The molecule has 0 bridgehead atoms. The average Bonchev–Trinajstić information content (AvgIpc) is 2.81. The molecule has 20 heavy (non-hydrogen) atoms. The zero-order chi connectivity index (χ0) is 14.7. The number of hydrogen-bond acceptors (Lipinski definition) is 3. The number of rotatable bonds is 5. The second kappa shape index (κ2) is 5.77. The maximum Gasteiger partial charge on any atom is 0.356 e. The van der Waals surface area contributed by atoms with E-state index in [-0.39, 0.29) is 18.3 Å². The minimum Gasteiger partial charge on any atom is -0.486 e. The van der Waals surface area contributed by atoms with E-state index in [0.717, 1.165) is 11.3 Å². The molecular weight excluding hydrogens is 256 g/mol. The number of benzene rings is 1. The molecule has 0 aliphatic heterocycles. The fourth-order valence-corrected chi connectivity index (χ4v) is 1.94. The van der Waals surface area contributed by atoms with Gasteiger partial charge >= 0.3 is 5.97 Å². The summed E-state index contributed by atoms with van der Waals surface area (Å²) in [5, 5.41) is 9.01. The number of aromatic carboxylic acids is 1. The molecule has 1 heterocycles. The van der Waals surface area contributed by atoms with Gasteiger partial charge in [0.05, 0.1) is 0 Å². The Balaban J connectivity index is 2.18. The average molecular weight is 274 g/mol. The second-order valence-electron chi connectivity index (χ2n) is 4.95. The van der Waals surface area contributed by atoms with E-state index in [1.54, 1.807) is 6.20 Å². The molecule has 1 aromatic heterocycles. The Morgan fingerprint density at radius 1 is 1.45 bits per heavy atom. The molecule has 0 atom stereocenters. The zero-order valence-electron chi connectivity index (χ0n) is 11.8. The van der Waals surface area contributed by atoms with Gasteiger partial charge in [-0.05, 0) is 38.5 Å². The summed E-state index contributed by atoms with van der Waals surface area (Å²) in [6.45, 7) is 6.19. The third-order valence-corrected chi connectivity index (χ3v) is 2.94. The first kappa shape index (κ1) is 14.1. The second-order valence-corrected chi connectivity index (χ2v) is 4.95. The minimum atomic E-state index is -1.03. The van der Waals surface area contributed by atoms with Crippen LogP contribution >= 0.6 is 0 Å². The van der Waals surface area contributed by atoms with Crippen LogP contribution in [0.15, 0.2) is 30.5 Å². The summed E-state index contributed by atoms with van der Waals surface area (Å²) >= 11 is 0. The highest BCUT2D eigenvalue weighted by Gasteiger charge is 2.15. The van der Waals surface area contributed by atoms with Gasteiger partial charge in [0.1, 0.15) is 18.2 Å². The van der Waals surface area contributed by atoms with E-state index in [1.165, 1.54) is 0 Å². The summed E-state index contributed by atoms with van der Waals surface area (Å²) in [6, 6.07) is 7.84. The monoisotopic (exact) mass is 274 g/mol. The van der Waals surface area contributed by atoms with Crippen molar-refractivity contribution in [2.75, 3.05) is 0 Å². The quantitative estimate of drug-likeness (QED) is 0.910. The normalized spacial score (nSPS) is 10.8. The lowest BCUT2D eigenvalue weighted by Gasteiger charge is -2.12. The number of aryl methyl sites for hydroxylation is 1. The van der Waals surface area contributed by atoms with E-state index in [0.29, 0.717) is 5.82 Å². The third kappa shape index (κ3) is 3.17. The Morgan fingerprint density at radius 2 is 2.20 bits per heavy atom. The van der Waals surface area contributed by atoms with Gasteiger partial charge in [0.2, 0.25) is 0 Å². The number of ether oxygens (including phenoxy) is 1. The lowest BCUT2D eigenvalue weighted by Crippen LogP contribution is -2.08. The van der Waals surface area contributed by atoms with Crippen molar-refractivity contribution in [1.82, 2.24) is 9.55 Å². The molecule has 0 saturated heterocycles. The maximum absolute atomic E-state index is 11.0. The lowest BCUT2D eigenvalue weighted by molar-refractivity contribution is 0.0690. The number of carbonyl (C=O) groups is 1. The minimum absolute atomic E-state index is 0.0431. The van der Waals surface area contributed by atoms with Gasteiger partial charge in [0.25, 0.3) is 0 Å². The Morgan fingerprint density at radius 3 is 2.80 bits per heavy atom. The number of hydrogen-bond donors (Lipinski definition) is 1. The van der Waals surface area contributed by atoms with Crippen molar-refractivity contribution in [1.29, 1.82) is 0 Å². The van der Waals surface area contributed by atoms with E-state index in [2.05, 4.69) is 4.98 Å². The summed E-state index contributed by atoms with van der Waals surface area (Å²) in [5.41, 5.74) is 1.16. The lowest BCUT2D eigenvalue weighted by atomic mass is 10.2. The maximum atomic E-state index is 11.0. The van der Waals surface area contributed by atoms with Gasteiger partial charge in [-0.2, -0.15) is 0 Å². The van der Waals surface area contributed by atoms with Crippen LogP contribution in [0.2, 0.25) is 0 Å². The van der Waals surface area contributed by atoms with Crippen molar-refractivity contribution in [3.8, 4) is 5.75 Å². The van der Waals surface area contributed by atoms with Crippen LogP contribution in [-0.4, -0.2) is 20.6 Å². The highest BCUT2D eigenvalue weighted by molar-refractivity contribution is 5.85. The summed E-state index contributed by atoms with van der Waals surface area (Å²) in [5.74, 6) is 0.334. The van der Waals surface area contributed by atoms with Crippen LogP contribution in [0, 0.1) is 6.92 Å². The third-order valence-electron chi connectivity index (χ3n) is 2.94. The van der Waals surface area contributed by atoms with Crippen LogP contribution in [0.25, 0.3) is 0 Å². The van der Waals surface area contributed by atoms with Crippen molar-refractivity contribution >= 4 is 5.97 Å². The molecule has 2 rings (SSSR count). The van der Waals surface area contributed by atoms with Crippen LogP contribution in [0.5, 0.6) is 5.75 Å². The molecule has 5 nitrogen and oxygen atoms in total. The molecule has 5 heteroatoms. The predicted octanol–water partition coefficient (Wildman–Crippen LogP) is 3.05. The van der Waals surface area contributed by atoms with Crippen LogP contribution in [0.1, 0.15) is 41.8 Å². The highest BCUT2D eigenvalue weighted by Crippen LogP contribution is 2.16. The van der Waals surface area contributed by atoms with Gasteiger partial charge in [0, 0.05) is 12.2 Å². The van der Waals surface area contributed by atoms with Crippen LogP contribution in [0.4, 0.5) is 0 Å². The van der Waals surface area contributed by atoms with Crippen LogP contribution in [0.3, 0.4) is 0 Å². The van der Waals surface area contributed by atoms with Crippen molar-refractivity contribution in [2.24, 2.45) is 0 Å². The van der Waals surface area contributed by atoms with Crippen molar-refractivity contribution in [2.45, 2.75) is 33.4 Å². The van der Waals surface area contributed by atoms with Crippen molar-refractivity contribution in [3.63, 3.8) is 0 Å². The van der Waals surface area contributed by atoms with Gasteiger partial charge in [-0.25, -0.2) is 9.78 Å².